The molecule has 7 heteroatoms. The van der Waals surface area contributed by atoms with Crippen LogP contribution in [0.2, 0.25) is 5.02 Å². The molecule has 0 bridgehead atoms. The van der Waals surface area contributed by atoms with Crippen molar-refractivity contribution in [3.63, 3.8) is 0 Å². The van der Waals surface area contributed by atoms with Gasteiger partial charge in [0.2, 0.25) is 0 Å². The average molecular weight is 499 g/mol. The van der Waals surface area contributed by atoms with Crippen LogP contribution in [0.25, 0.3) is 0 Å². The molecule has 3 aromatic rings. The third kappa shape index (κ3) is 6.79. The first-order valence-electron chi connectivity index (χ1n) is 11.7. The van der Waals surface area contributed by atoms with Crippen LogP contribution in [0.3, 0.4) is 0 Å². The van der Waals surface area contributed by atoms with Gasteiger partial charge in [0.1, 0.15) is 0 Å². The van der Waals surface area contributed by atoms with Crippen molar-refractivity contribution >= 4 is 19.2 Å². The van der Waals surface area contributed by atoms with Crippen LogP contribution in [0.5, 0.6) is 0 Å². The van der Waals surface area contributed by atoms with Gasteiger partial charge in [-0.1, -0.05) is 78.3 Å². The lowest BCUT2D eigenvalue weighted by atomic mass is 9.96. The summed E-state index contributed by atoms with van der Waals surface area (Å²) in [5.41, 5.74) is 4.58. The standard InChI is InChI=1S/C27H32ClN2O3P/c1-2-33-34(31,32)21-23-10-8-22(9-11-23)20-29-16-18-30(19-17-29)27(24-6-4-3-5-7-24)25-12-14-26(28)15-13-25/h3-15,27H,2,16-21H2,1H3,(H,31,32). The lowest BCUT2D eigenvalue weighted by Gasteiger charge is -2.40. The molecule has 1 N–H and O–H groups in total. The van der Waals surface area contributed by atoms with Gasteiger partial charge in [-0.25, -0.2) is 0 Å². The summed E-state index contributed by atoms with van der Waals surface area (Å²) in [6.07, 6.45) is 0.0470. The molecule has 2 unspecified atom stereocenters. The SMILES string of the molecule is CCOP(=O)(O)Cc1ccc(CN2CCN(C(c3ccccc3)c3ccc(Cl)cc3)CC2)cc1. The molecule has 0 aliphatic carbocycles. The van der Waals surface area contributed by atoms with Crippen LogP contribution in [0.15, 0.2) is 78.9 Å². The van der Waals surface area contributed by atoms with Crippen molar-refractivity contribution < 1.29 is 14.0 Å². The summed E-state index contributed by atoms with van der Waals surface area (Å²) in [4.78, 5) is 14.9. The van der Waals surface area contributed by atoms with Crippen LogP contribution in [-0.2, 0) is 21.8 Å². The average Bonchev–Trinajstić information content (AvgIpc) is 2.83. The molecule has 180 valence electrons. The molecule has 4 rings (SSSR count). The van der Waals surface area contributed by atoms with Gasteiger partial charge in [0.15, 0.2) is 0 Å². The summed E-state index contributed by atoms with van der Waals surface area (Å²) in [7, 11) is -3.56. The Morgan fingerprint density at radius 2 is 1.47 bits per heavy atom. The van der Waals surface area contributed by atoms with Crippen molar-refractivity contribution in [2.24, 2.45) is 0 Å². The zero-order valence-corrected chi connectivity index (χ0v) is 21.2. The van der Waals surface area contributed by atoms with Gasteiger partial charge in [-0.15, -0.1) is 0 Å². The van der Waals surface area contributed by atoms with Crippen LogP contribution in [0.1, 0.15) is 35.2 Å². The van der Waals surface area contributed by atoms with E-state index in [0.717, 1.165) is 43.3 Å². The number of halogens is 1. The van der Waals surface area contributed by atoms with Gasteiger partial charge in [0, 0.05) is 37.7 Å². The first kappa shape index (κ1) is 25.1. The molecule has 1 saturated heterocycles. The molecule has 3 aromatic carbocycles. The molecule has 1 fully saturated rings. The van der Waals surface area contributed by atoms with Gasteiger partial charge < -0.3 is 9.42 Å². The van der Waals surface area contributed by atoms with Crippen LogP contribution in [-0.4, -0.2) is 47.5 Å². The smallest absolute Gasteiger partial charge is 0.324 e. The summed E-state index contributed by atoms with van der Waals surface area (Å²) >= 11 is 6.15. The summed E-state index contributed by atoms with van der Waals surface area (Å²) in [5.74, 6) is 0. The Hall–Kier alpha value is -1.98. The summed E-state index contributed by atoms with van der Waals surface area (Å²) in [6, 6.07) is 27.0. The van der Waals surface area contributed by atoms with Crippen molar-refractivity contribution in [2.75, 3.05) is 32.8 Å². The molecular weight excluding hydrogens is 467 g/mol. The summed E-state index contributed by atoms with van der Waals surface area (Å²) < 4.78 is 17.0. The fraction of sp³-hybridized carbons (Fsp3) is 0.333. The van der Waals surface area contributed by atoms with E-state index in [2.05, 4.69) is 52.3 Å². The third-order valence-electron chi connectivity index (χ3n) is 6.22. The van der Waals surface area contributed by atoms with Crippen LogP contribution < -0.4 is 0 Å². The second-order valence-corrected chi connectivity index (χ2v) is 11.0. The van der Waals surface area contributed by atoms with E-state index in [9.17, 15) is 9.46 Å². The number of hydrogen-bond donors (Lipinski definition) is 1. The van der Waals surface area contributed by atoms with Crippen LogP contribution in [0, 0.1) is 0 Å². The van der Waals surface area contributed by atoms with E-state index in [-0.39, 0.29) is 18.8 Å². The quantitative estimate of drug-likeness (QED) is 0.368. The van der Waals surface area contributed by atoms with Gasteiger partial charge in [-0.2, -0.15) is 0 Å². The minimum Gasteiger partial charge on any atom is -0.324 e. The zero-order valence-electron chi connectivity index (χ0n) is 19.5. The normalized spacial score (nSPS) is 17.9. The minimum absolute atomic E-state index is 0.0470. The van der Waals surface area contributed by atoms with E-state index in [1.54, 1.807) is 6.92 Å². The molecule has 0 aromatic heterocycles. The number of nitrogens with zero attached hydrogens (tertiary/aromatic N) is 2. The van der Waals surface area contributed by atoms with Gasteiger partial charge in [0.05, 0.1) is 18.8 Å². The second-order valence-electron chi connectivity index (χ2n) is 8.71. The fourth-order valence-corrected chi connectivity index (χ4v) is 5.85. The molecule has 0 radical (unpaired) electrons. The Morgan fingerprint density at radius 1 is 0.882 bits per heavy atom. The molecule has 0 saturated carbocycles. The highest BCUT2D eigenvalue weighted by molar-refractivity contribution is 7.51. The van der Waals surface area contributed by atoms with E-state index in [1.807, 2.05) is 36.4 Å². The van der Waals surface area contributed by atoms with Crippen molar-refractivity contribution in [1.29, 1.82) is 0 Å². The van der Waals surface area contributed by atoms with Gasteiger partial charge >= 0.3 is 7.60 Å². The van der Waals surface area contributed by atoms with Gasteiger partial charge in [-0.3, -0.25) is 14.4 Å². The van der Waals surface area contributed by atoms with Crippen molar-refractivity contribution in [1.82, 2.24) is 9.80 Å². The molecule has 0 spiro atoms. The number of hydrogen-bond acceptors (Lipinski definition) is 4. The maximum atomic E-state index is 12.0. The highest BCUT2D eigenvalue weighted by Gasteiger charge is 2.26. The topological polar surface area (TPSA) is 53.0 Å². The molecule has 1 aliphatic rings. The monoisotopic (exact) mass is 498 g/mol. The van der Waals surface area contributed by atoms with E-state index < -0.39 is 7.60 Å². The first-order valence-corrected chi connectivity index (χ1v) is 13.9. The highest BCUT2D eigenvalue weighted by atomic mass is 35.5. The number of rotatable bonds is 9. The molecular formula is C27H32ClN2O3P. The van der Waals surface area contributed by atoms with Crippen molar-refractivity contribution in [3.05, 3.63) is 106 Å². The maximum Gasteiger partial charge on any atom is 0.332 e. The maximum absolute atomic E-state index is 12.0. The third-order valence-corrected chi connectivity index (χ3v) is 7.89. The zero-order chi connectivity index (χ0) is 24.0. The predicted octanol–water partition coefficient (Wildman–Crippen LogP) is 5.97. The molecule has 0 amide bonds. The van der Waals surface area contributed by atoms with Crippen molar-refractivity contribution in [3.8, 4) is 0 Å². The van der Waals surface area contributed by atoms with Gasteiger partial charge in [-0.05, 0) is 41.3 Å². The molecule has 34 heavy (non-hydrogen) atoms. The lowest BCUT2D eigenvalue weighted by molar-refractivity contribution is 0.105. The molecule has 2 atom stereocenters. The Labute approximate surface area is 207 Å². The van der Waals surface area contributed by atoms with E-state index >= 15 is 0 Å². The van der Waals surface area contributed by atoms with Crippen LogP contribution in [0.4, 0.5) is 0 Å². The fourth-order valence-electron chi connectivity index (χ4n) is 4.56. The van der Waals surface area contributed by atoms with Gasteiger partial charge in [0.25, 0.3) is 0 Å². The molecule has 5 nitrogen and oxygen atoms in total. The Kier molecular flexibility index (Phi) is 8.60. The second kappa shape index (κ2) is 11.6. The highest BCUT2D eigenvalue weighted by Crippen LogP contribution is 2.45. The van der Waals surface area contributed by atoms with E-state index in [4.69, 9.17) is 16.1 Å². The Balaban J connectivity index is 1.38. The number of piperazine rings is 1. The van der Waals surface area contributed by atoms with Crippen molar-refractivity contribution in [2.45, 2.75) is 25.7 Å². The first-order chi connectivity index (χ1) is 16.4. The molecule has 1 aliphatic heterocycles. The van der Waals surface area contributed by atoms with E-state index in [1.165, 1.54) is 16.7 Å². The Morgan fingerprint density at radius 3 is 2.09 bits per heavy atom. The Bertz CT molecular complexity index is 1090. The summed E-state index contributed by atoms with van der Waals surface area (Å²) in [6.45, 7) is 6.74. The van der Waals surface area contributed by atoms with E-state index in [0.29, 0.717) is 0 Å². The molecule has 1 heterocycles. The number of benzene rings is 3. The lowest BCUT2D eigenvalue weighted by Crippen LogP contribution is -2.47. The largest absolute Gasteiger partial charge is 0.332 e. The predicted molar refractivity (Wildman–Crippen MR) is 138 cm³/mol. The van der Waals surface area contributed by atoms with Crippen LogP contribution >= 0.6 is 19.2 Å². The summed E-state index contributed by atoms with van der Waals surface area (Å²) in [5, 5.41) is 0.756. The minimum atomic E-state index is -3.56.